The number of esters is 1. The van der Waals surface area contributed by atoms with E-state index in [0.717, 1.165) is 0 Å². The predicted octanol–water partition coefficient (Wildman–Crippen LogP) is 3.94. The molecule has 0 N–H and O–H groups in total. The van der Waals surface area contributed by atoms with Crippen LogP contribution in [-0.4, -0.2) is 15.7 Å². The third-order valence-corrected chi connectivity index (χ3v) is 4.49. The van der Waals surface area contributed by atoms with Crippen molar-refractivity contribution in [3.8, 4) is 5.69 Å². The molecule has 0 aliphatic rings. The molecule has 8 heteroatoms. The van der Waals surface area contributed by atoms with Crippen molar-refractivity contribution in [3.05, 3.63) is 91.8 Å². The number of nitrogens with zero attached hydrogens (tertiary/aromatic N) is 2. The molecule has 27 heavy (non-hydrogen) atoms. The van der Waals surface area contributed by atoms with Gasteiger partial charge in [0.25, 0.3) is 0 Å². The summed E-state index contributed by atoms with van der Waals surface area (Å²) in [5.74, 6) is -1.95. The highest BCUT2D eigenvalue weighted by molar-refractivity contribution is 9.10. The van der Waals surface area contributed by atoms with Gasteiger partial charge in [-0.1, -0.05) is 34.1 Å². The number of para-hydroxylation sites is 1. The second-order valence-corrected chi connectivity index (χ2v) is 6.53. The maximum absolute atomic E-state index is 14.0. The lowest BCUT2D eigenvalue weighted by Crippen LogP contribution is -2.24. The standard InChI is InChI=1S/C19H13BrF2N2O3/c1-11-8-17(25)18(23-24(11)16-5-3-2-4-15(16)22)19(26)27-10-12-6-7-13(21)9-14(12)20/h2-9H,10H2,1H3. The number of rotatable bonds is 4. The van der Waals surface area contributed by atoms with E-state index in [4.69, 9.17) is 4.74 Å². The molecule has 0 spiro atoms. The summed E-state index contributed by atoms with van der Waals surface area (Å²) in [5, 5.41) is 3.97. The van der Waals surface area contributed by atoms with Gasteiger partial charge >= 0.3 is 5.97 Å². The van der Waals surface area contributed by atoms with Crippen LogP contribution in [0, 0.1) is 18.6 Å². The van der Waals surface area contributed by atoms with Crippen LogP contribution >= 0.6 is 15.9 Å². The van der Waals surface area contributed by atoms with Crippen molar-refractivity contribution in [3.63, 3.8) is 0 Å². The molecule has 0 amide bonds. The number of aromatic nitrogens is 2. The molecule has 5 nitrogen and oxygen atoms in total. The van der Waals surface area contributed by atoms with Gasteiger partial charge in [0.1, 0.15) is 23.9 Å². The Morgan fingerprint density at radius 1 is 1.19 bits per heavy atom. The number of aryl methyl sites for hydroxylation is 1. The molecule has 0 atom stereocenters. The van der Waals surface area contributed by atoms with Crippen LogP contribution in [-0.2, 0) is 11.3 Å². The molecular formula is C19H13BrF2N2O3. The van der Waals surface area contributed by atoms with Crippen molar-refractivity contribution in [2.24, 2.45) is 0 Å². The van der Waals surface area contributed by atoms with Gasteiger partial charge in [-0.05, 0) is 31.2 Å². The Balaban J connectivity index is 1.90. The minimum absolute atomic E-state index is 0.102. The van der Waals surface area contributed by atoms with Crippen LogP contribution in [0.1, 0.15) is 21.7 Å². The van der Waals surface area contributed by atoms with Crippen LogP contribution in [0.2, 0.25) is 0 Å². The largest absolute Gasteiger partial charge is 0.456 e. The zero-order chi connectivity index (χ0) is 19.6. The first-order valence-corrected chi connectivity index (χ1v) is 8.63. The van der Waals surface area contributed by atoms with Crippen molar-refractivity contribution in [1.29, 1.82) is 0 Å². The minimum atomic E-state index is -0.957. The zero-order valence-corrected chi connectivity index (χ0v) is 15.7. The predicted molar refractivity (Wildman–Crippen MR) is 97.7 cm³/mol. The molecule has 1 aromatic heterocycles. The van der Waals surface area contributed by atoms with E-state index in [-0.39, 0.29) is 12.3 Å². The first-order valence-electron chi connectivity index (χ1n) is 7.84. The first kappa shape index (κ1) is 18.9. The number of carbonyl (C=O) groups is 1. The van der Waals surface area contributed by atoms with E-state index in [1.807, 2.05) is 0 Å². The van der Waals surface area contributed by atoms with Crippen molar-refractivity contribution < 1.29 is 18.3 Å². The lowest BCUT2D eigenvalue weighted by molar-refractivity contribution is 0.0461. The van der Waals surface area contributed by atoms with E-state index < -0.39 is 28.7 Å². The number of benzene rings is 2. The van der Waals surface area contributed by atoms with Gasteiger partial charge in [0.15, 0.2) is 0 Å². The fraction of sp³-hybridized carbons (Fsp3) is 0.105. The summed E-state index contributed by atoms with van der Waals surface area (Å²) >= 11 is 3.17. The van der Waals surface area contributed by atoms with Gasteiger partial charge in [0.05, 0.1) is 0 Å². The average Bonchev–Trinajstić information content (AvgIpc) is 2.62. The van der Waals surface area contributed by atoms with E-state index >= 15 is 0 Å². The van der Waals surface area contributed by atoms with E-state index in [0.29, 0.717) is 15.7 Å². The molecule has 2 aromatic carbocycles. The maximum atomic E-state index is 14.0. The summed E-state index contributed by atoms with van der Waals surface area (Å²) in [6, 6.07) is 11.0. The highest BCUT2D eigenvalue weighted by atomic mass is 79.9. The zero-order valence-electron chi connectivity index (χ0n) is 14.1. The Bertz CT molecular complexity index is 1080. The van der Waals surface area contributed by atoms with Gasteiger partial charge in [-0.25, -0.2) is 18.3 Å². The van der Waals surface area contributed by atoms with Crippen LogP contribution in [0.15, 0.2) is 57.8 Å². The number of hydrogen-bond acceptors (Lipinski definition) is 4. The maximum Gasteiger partial charge on any atom is 0.363 e. The Morgan fingerprint density at radius 2 is 1.93 bits per heavy atom. The highest BCUT2D eigenvalue weighted by Crippen LogP contribution is 2.19. The Hall–Kier alpha value is -2.87. The number of ether oxygens (including phenoxy) is 1. The molecule has 0 unspecified atom stereocenters. The van der Waals surface area contributed by atoms with Gasteiger partial charge in [-0.15, -0.1) is 0 Å². The van der Waals surface area contributed by atoms with E-state index in [9.17, 15) is 18.4 Å². The molecule has 0 radical (unpaired) electrons. The van der Waals surface area contributed by atoms with Gasteiger partial charge in [-0.2, -0.15) is 5.10 Å². The second kappa shape index (κ2) is 7.79. The van der Waals surface area contributed by atoms with Gasteiger partial charge in [-0.3, -0.25) is 4.79 Å². The molecule has 0 aliphatic carbocycles. The van der Waals surface area contributed by atoms with Gasteiger partial charge in [0, 0.05) is 21.8 Å². The van der Waals surface area contributed by atoms with Crippen LogP contribution in [0.5, 0.6) is 0 Å². The first-order chi connectivity index (χ1) is 12.9. The molecule has 0 saturated carbocycles. The number of carbonyl (C=O) groups excluding carboxylic acids is 1. The van der Waals surface area contributed by atoms with Crippen LogP contribution in [0.3, 0.4) is 0 Å². The van der Waals surface area contributed by atoms with Crippen molar-refractivity contribution in [2.45, 2.75) is 13.5 Å². The lowest BCUT2D eigenvalue weighted by atomic mass is 10.2. The number of halogens is 3. The van der Waals surface area contributed by atoms with Gasteiger partial charge < -0.3 is 4.74 Å². The molecule has 0 bridgehead atoms. The molecular weight excluding hydrogens is 422 g/mol. The second-order valence-electron chi connectivity index (χ2n) is 5.67. The molecule has 138 valence electrons. The van der Waals surface area contributed by atoms with E-state index in [2.05, 4.69) is 21.0 Å². The summed E-state index contributed by atoms with van der Waals surface area (Å²) in [6.45, 7) is 1.39. The topological polar surface area (TPSA) is 61.2 Å². The molecule has 3 aromatic rings. The highest BCUT2D eigenvalue weighted by Gasteiger charge is 2.18. The van der Waals surface area contributed by atoms with Crippen molar-refractivity contribution in [1.82, 2.24) is 9.78 Å². The lowest BCUT2D eigenvalue weighted by Gasteiger charge is -2.12. The van der Waals surface area contributed by atoms with Gasteiger partial charge in [0.2, 0.25) is 11.1 Å². The molecule has 0 fully saturated rings. The Morgan fingerprint density at radius 3 is 2.63 bits per heavy atom. The number of hydrogen-bond donors (Lipinski definition) is 0. The van der Waals surface area contributed by atoms with E-state index in [1.165, 1.54) is 47.1 Å². The summed E-state index contributed by atoms with van der Waals surface area (Å²) in [6.07, 6.45) is 0. The summed E-state index contributed by atoms with van der Waals surface area (Å²) in [5.41, 5.74) is -0.120. The van der Waals surface area contributed by atoms with E-state index in [1.54, 1.807) is 13.0 Å². The Kier molecular flexibility index (Phi) is 5.46. The Labute approximate surface area is 161 Å². The van der Waals surface area contributed by atoms with Crippen molar-refractivity contribution in [2.75, 3.05) is 0 Å². The quantitative estimate of drug-likeness (QED) is 0.583. The minimum Gasteiger partial charge on any atom is -0.456 e. The summed E-state index contributed by atoms with van der Waals surface area (Å²) < 4.78 is 33.9. The smallest absolute Gasteiger partial charge is 0.363 e. The molecule has 3 rings (SSSR count). The third kappa shape index (κ3) is 4.11. The van der Waals surface area contributed by atoms with Crippen LogP contribution < -0.4 is 5.43 Å². The molecule has 1 heterocycles. The normalized spacial score (nSPS) is 10.7. The molecule has 0 aliphatic heterocycles. The van der Waals surface area contributed by atoms with Crippen LogP contribution in [0.4, 0.5) is 8.78 Å². The summed E-state index contributed by atoms with van der Waals surface area (Å²) in [7, 11) is 0. The fourth-order valence-corrected chi connectivity index (χ4v) is 2.87. The third-order valence-electron chi connectivity index (χ3n) is 3.76. The SMILES string of the molecule is Cc1cc(=O)c(C(=O)OCc2ccc(F)cc2Br)nn1-c1ccccc1F. The van der Waals surface area contributed by atoms with Crippen LogP contribution in [0.25, 0.3) is 5.69 Å². The average molecular weight is 435 g/mol. The summed E-state index contributed by atoms with van der Waals surface area (Å²) in [4.78, 5) is 24.5. The van der Waals surface area contributed by atoms with Crippen molar-refractivity contribution >= 4 is 21.9 Å². The molecule has 0 saturated heterocycles. The fourth-order valence-electron chi connectivity index (χ4n) is 2.41. The monoisotopic (exact) mass is 434 g/mol.